The number of hydrogen-bond acceptors (Lipinski definition) is 6. The molecule has 0 aliphatic carbocycles. The van der Waals surface area contributed by atoms with Crippen molar-refractivity contribution < 1.29 is 9.53 Å². The van der Waals surface area contributed by atoms with E-state index in [1.807, 2.05) is 24.3 Å². The first-order valence-electron chi connectivity index (χ1n) is 10.1. The van der Waals surface area contributed by atoms with Crippen LogP contribution in [-0.2, 0) is 11.3 Å². The fourth-order valence-electron chi connectivity index (χ4n) is 3.86. The van der Waals surface area contributed by atoms with Crippen LogP contribution in [-0.4, -0.2) is 51.9 Å². The zero-order valence-corrected chi connectivity index (χ0v) is 17.3. The van der Waals surface area contributed by atoms with E-state index in [4.69, 9.17) is 21.9 Å². The van der Waals surface area contributed by atoms with Gasteiger partial charge < -0.3 is 21.9 Å². The third kappa shape index (κ3) is 4.95. The summed E-state index contributed by atoms with van der Waals surface area (Å²) in [5.41, 5.74) is 19.2. The van der Waals surface area contributed by atoms with Gasteiger partial charge in [0.05, 0.1) is 30.8 Å². The number of carbonyl (C=O) groups excluding carboxylic acids is 1. The van der Waals surface area contributed by atoms with Crippen LogP contribution in [0.3, 0.4) is 0 Å². The molecule has 1 aliphatic rings. The van der Waals surface area contributed by atoms with E-state index in [9.17, 15) is 4.79 Å². The van der Waals surface area contributed by atoms with E-state index in [-0.39, 0.29) is 16.9 Å². The van der Waals surface area contributed by atoms with Crippen LogP contribution in [0.25, 0.3) is 5.69 Å². The third-order valence-corrected chi connectivity index (χ3v) is 5.66. The van der Waals surface area contributed by atoms with Crippen molar-refractivity contribution in [2.45, 2.75) is 51.3 Å². The first-order chi connectivity index (χ1) is 13.8. The molecule has 0 radical (unpaired) electrons. The van der Waals surface area contributed by atoms with Crippen molar-refractivity contribution in [2.24, 2.45) is 11.5 Å². The number of piperidine rings is 1. The molecule has 1 aromatic carbocycles. The van der Waals surface area contributed by atoms with E-state index in [1.165, 1.54) is 12.8 Å². The number of nitrogens with two attached hydrogens (primary N) is 3. The van der Waals surface area contributed by atoms with Crippen molar-refractivity contribution in [1.82, 2.24) is 14.7 Å². The Morgan fingerprint density at radius 3 is 2.62 bits per heavy atom. The van der Waals surface area contributed by atoms with Gasteiger partial charge in [-0.15, -0.1) is 0 Å². The number of hydrogen-bond donors (Lipinski definition) is 3. The zero-order chi connectivity index (χ0) is 21.0. The van der Waals surface area contributed by atoms with E-state index in [2.05, 4.69) is 23.8 Å². The van der Waals surface area contributed by atoms with Gasteiger partial charge in [-0.25, -0.2) is 4.68 Å². The van der Waals surface area contributed by atoms with Crippen molar-refractivity contribution in [3.63, 3.8) is 0 Å². The van der Waals surface area contributed by atoms with Gasteiger partial charge in [-0.05, 0) is 50.9 Å². The highest BCUT2D eigenvalue weighted by atomic mass is 16.5. The number of nitrogen functional groups attached to an aromatic ring is 1. The number of nitrogens with zero attached hydrogens (tertiary/aromatic N) is 3. The van der Waals surface area contributed by atoms with Crippen LogP contribution in [0.2, 0.25) is 0 Å². The highest BCUT2D eigenvalue weighted by Crippen LogP contribution is 2.26. The Morgan fingerprint density at radius 1 is 1.28 bits per heavy atom. The molecule has 3 rings (SSSR count). The van der Waals surface area contributed by atoms with Crippen molar-refractivity contribution in [1.29, 1.82) is 0 Å². The van der Waals surface area contributed by atoms with Gasteiger partial charge in [0, 0.05) is 18.1 Å². The lowest BCUT2D eigenvalue weighted by Crippen LogP contribution is -2.57. The van der Waals surface area contributed by atoms with Crippen molar-refractivity contribution in [2.75, 3.05) is 25.4 Å². The number of rotatable bonds is 8. The first kappa shape index (κ1) is 21.3. The lowest BCUT2D eigenvalue weighted by atomic mass is 9.93. The Morgan fingerprint density at radius 2 is 2.00 bits per heavy atom. The van der Waals surface area contributed by atoms with E-state index in [0.29, 0.717) is 25.8 Å². The SMILES string of the molecule is CC(C)(CN)N1CCCCC1COCc1ccc(-n2cc(N)c(C(N)=O)n2)cc1. The molecule has 158 valence electrons. The number of primary amides is 1. The maximum atomic E-state index is 11.3. The lowest BCUT2D eigenvalue weighted by molar-refractivity contribution is -0.0138. The summed E-state index contributed by atoms with van der Waals surface area (Å²) < 4.78 is 7.59. The normalized spacial score (nSPS) is 18.1. The van der Waals surface area contributed by atoms with Gasteiger partial charge in [0.1, 0.15) is 0 Å². The van der Waals surface area contributed by atoms with E-state index < -0.39 is 5.91 Å². The Labute approximate surface area is 172 Å². The number of aromatic nitrogens is 2. The molecule has 1 unspecified atom stereocenters. The van der Waals surface area contributed by atoms with E-state index >= 15 is 0 Å². The molecule has 1 saturated heterocycles. The number of carbonyl (C=O) groups is 1. The van der Waals surface area contributed by atoms with Crippen LogP contribution in [0.1, 0.15) is 49.2 Å². The van der Waals surface area contributed by atoms with Crippen LogP contribution < -0.4 is 17.2 Å². The molecule has 6 N–H and O–H groups in total. The average Bonchev–Trinajstić information content (AvgIpc) is 3.11. The molecule has 0 spiro atoms. The molecular formula is C21H32N6O2. The molecule has 1 fully saturated rings. The summed E-state index contributed by atoms with van der Waals surface area (Å²) in [4.78, 5) is 13.8. The van der Waals surface area contributed by atoms with Crippen LogP contribution in [0.4, 0.5) is 5.69 Å². The molecule has 2 aromatic rings. The molecular weight excluding hydrogens is 368 g/mol. The van der Waals surface area contributed by atoms with Gasteiger partial charge in [0.2, 0.25) is 0 Å². The number of amides is 1. The second kappa shape index (κ2) is 8.94. The molecule has 8 nitrogen and oxygen atoms in total. The van der Waals surface area contributed by atoms with E-state index in [0.717, 1.165) is 24.2 Å². The Bertz CT molecular complexity index is 830. The molecule has 1 aromatic heterocycles. The molecule has 1 amide bonds. The minimum absolute atomic E-state index is 0.00846. The third-order valence-electron chi connectivity index (χ3n) is 5.66. The van der Waals surface area contributed by atoms with Crippen molar-refractivity contribution in [3.05, 3.63) is 41.7 Å². The van der Waals surface area contributed by atoms with Gasteiger partial charge in [-0.3, -0.25) is 9.69 Å². The summed E-state index contributed by atoms with van der Waals surface area (Å²) in [6, 6.07) is 8.21. The summed E-state index contributed by atoms with van der Waals surface area (Å²) in [5, 5.41) is 4.14. The van der Waals surface area contributed by atoms with Gasteiger partial charge >= 0.3 is 0 Å². The van der Waals surface area contributed by atoms with Crippen LogP contribution in [0.5, 0.6) is 0 Å². The van der Waals surface area contributed by atoms with Crippen molar-refractivity contribution >= 4 is 11.6 Å². The minimum Gasteiger partial charge on any atom is -0.396 e. The molecule has 1 atom stereocenters. The monoisotopic (exact) mass is 400 g/mol. The fraction of sp³-hybridized carbons (Fsp3) is 0.524. The van der Waals surface area contributed by atoms with E-state index in [1.54, 1.807) is 10.9 Å². The summed E-state index contributed by atoms with van der Waals surface area (Å²) in [6.45, 7) is 7.36. The molecule has 29 heavy (non-hydrogen) atoms. The standard InChI is InChI=1S/C21H32N6O2/c1-21(2,14-22)26-10-4-3-5-17(26)13-29-12-15-6-8-16(9-7-15)27-11-18(23)19(25-27)20(24)28/h6-9,11,17H,3-5,10,12-14,22-23H2,1-2H3,(H2,24,28). The summed E-state index contributed by atoms with van der Waals surface area (Å²) in [6.07, 6.45) is 5.19. The predicted molar refractivity (Wildman–Crippen MR) is 114 cm³/mol. The topological polar surface area (TPSA) is 125 Å². The first-order valence-corrected chi connectivity index (χ1v) is 10.1. The average molecular weight is 401 g/mol. The molecule has 0 saturated carbocycles. The summed E-state index contributed by atoms with van der Waals surface area (Å²) in [7, 11) is 0. The van der Waals surface area contributed by atoms with Gasteiger partial charge in [0.15, 0.2) is 5.69 Å². The van der Waals surface area contributed by atoms with Crippen LogP contribution >= 0.6 is 0 Å². The minimum atomic E-state index is -0.638. The van der Waals surface area contributed by atoms with Crippen LogP contribution in [0.15, 0.2) is 30.5 Å². The number of ether oxygens (including phenoxy) is 1. The quantitative estimate of drug-likeness (QED) is 0.619. The Hall–Kier alpha value is -2.42. The highest BCUT2D eigenvalue weighted by molar-refractivity contribution is 5.95. The van der Waals surface area contributed by atoms with Gasteiger partial charge in [-0.2, -0.15) is 5.10 Å². The molecule has 8 heteroatoms. The largest absolute Gasteiger partial charge is 0.396 e. The molecule has 2 heterocycles. The Balaban J connectivity index is 1.58. The van der Waals surface area contributed by atoms with Gasteiger partial charge in [-0.1, -0.05) is 18.6 Å². The number of anilines is 1. The highest BCUT2D eigenvalue weighted by Gasteiger charge is 2.33. The smallest absolute Gasteiger partial charge is 0.271 e. The van der Waals surface area contributed by atoms with Crippen LogP contribution in [0, 0.1) is 0 Å². The summed E-state index contributed by atoms with van der Waals surface area (Å²) >= 11 is 0. The second-order valence-electron chi connectivity index (χ2n) is 8.28. The molecule has 1 aliphatic heterocycles. The number of likely N-dealkylation sites (tertiary alicyclic amines) is 1. The predicted octanol–water partition coefficient (Wildman–Crippen LogP) is 1.66. The fourth-order valence-corrected chi connectivity index (χ4v) is 3.86. The zero-order valence-electron chi connectivity index (χ0n) is 17.3. The maximum Gasteiger partial charge on any atom is 0.271 e. The maximum absolute atomic E-state index is 11.3. The summed E-state index contributed by atoms with van der Waals surface area (Å²) in [5.74, 6) is -0.638. The lowest BCUT2D eigenvalue weighted by Gasteiger charge is -2.45. The van der Waals surface area contributed by atoms with Gasteiger partial charge in [0.25, 0.3) is 5.91 Å². The number of benzene rings is 1. The second-order valence-corrected chi connectivity index (χ2v) is 8.28. The Kier molecular flexibility index (Phi) is 6.56. The molecule has 0 bridgehead atoms. The van der Waals surface area contributed by atoms with Crippen molar-refractivity contribution in [3.8, 4) is 5.69 Å².